The Kier molecular flexibility index (Phi) is 7.61. The van der Waals surface area contributed by atoms with Crippen LogP contribution in [0.4, 0.5) is 5.69 Å². The minimum Gasteiger partial charge on any atom is -0.378 e. The zero-order valence-electron chi connectivity index (χ0n) is 12.8. The molecule has 5 nitrogen and oxygen atoms in total. The lowest BCUT2D eigenvalue weighted by molar-refractivity contribution is 0.376. The number of hydrogen-bond acceptors (Lipinski definition) is 4. The lowest BCUT2D eigenvalue weighted by Gasteiger charge is -2.23. The number of halogens is 2. The summed E-state index contributed by atoms with van der Waals surface area (Å²) in [4.78, 5) is 2.17. The van der Waals surface area contributed by atoms with E-state index in [1.54, 1.807) is 12.1 Å². The molecule has 1 aliphatic heterocycles. The molecule has 0 radical (unpaired) electrons. The molecule has 2 N–H and O–H groups in total. The van der Waals surface area contributed by atoms with E-state index in [2.05, 4.69) is 26.0 Å². The second kappa shape index (κ2) is 8.49. The predicted molar refractivity (Wildman–Crippen MR) is 96.5 cm³/mol. The van der Waals surface area contributed by atoms with Crippen LogP contribution >= 0.6 is 28.3 Å². The van der Waals surface area contributed by atoms with Crippen LogP contribution in [0, 0.1) is 5.92 Å². The van der Waals surface area contributed by atoms with Gasteiger partial charge in [0.25, 0.3) is 0 Å². The van der Waals surface area contributed by atoms with Crippen molar-refractivity contribution in [1.82, 2.24) is 10.0 Å². The van der Waals surface area contributed by atoms with Crippen molar-refractivity contribution < 1.29 is 8.42 Å². The second-order valence-electron chi connectivity index (χ2n) is 5.57. The first kappa shape index (κ1) is 19.7. The number of anilines is 1. The predicted octanol–water partition coefficient (Wildman–Crippen LogP) is 2.21. The molecule has 1 heterocycles. The maximum absolute atomic E-state index is 12.5. The van der Waals surface area contributed by atoms with Gasteiger partial charge in [-0.15, -0.1) is 12.4 Å². The summed E-state index contributed by atoms with van der Waals surface area (Å²) in [7, 11) is 0.282. The molecule has 22 heavy (non-hydrogen) atoms. The summed E-state index contributed by atoms with van der Waals surface area (Å²) in [6.45, 7) is 2.38. The number of piperidine rings is 1. The Morgan fingerprint density at radius 1 is 1.41 bits per heavy atom. The number of sulfonamides is 1. The highest BCUT2D eigenvalue weighted by molar-refractivity contribution is 9.10. The molecule has 1 aromatic carbocycles. The van der Waals surface area contributed by atoms with Gasteiger partial charge in [0.15, 0.2) is 0 Å². The van der Waals surface area contributed by atoms with E-state index in [1.165, 1.54) is 0 Å². The Morgan fingerprint density at radius 2 is 2.14 bits per heavy atom. The summed E-state index contributed by atoms with van der Waals surface area (Å²) >= 11 is 3.33. The van der Waals surface area contributed by atoms with Crippen LogP contribution in [0.5, 0.6) is 0 Å². The maximum Gasteiger partial charge on any atom is 0.241 e. The maximum atomic E-state index is 12.5. The molecule has 1 saturated heterocycles. The van der Waals surface area contributed by atoms with Crippen molar-refractivity contribution in [1.29, 1.82) is 0 Å². The summed E-state index contributed by atoms with van der Waals surface area (Å²) in [6.07, 6.45) is 2.17. The molecule has 1 fully saturated rings. The number of hydrogen-bond donors (Lipinski definition) is 2. The first-order valence-corrected chi connectivity index (χ1v) is 9.35. The first-order chi connectivity index (χ1) is 9.90. The summed E-state index contributed by atoms with van der Waals surface area (Å²) in [5, 5.41) is 3.30. The fourth-order valence-electron chi connectivity index (χ4n) is 2.38. The van der Waals surface area contributed by atoms with Crippen LogP contribution < -0.4 is 14.9 Å². The van der Waals surface area contributed by atoms with E-state index in [0.29, 0.717) is 16.9 Å². The van der Waals surface area contributed by atoms with E-state index in [0.717, 1.165) is 31.6 Å². The van der Waals surface area contributed by atoms with Crippen LogP contribution in [-0.2, 0) is 10.0 Å². The minimum atomic E-state index is -3.50. The molecule has 0 aromatic heterocycles. The van der Waals surface area contributed by atoms with Gasteiger partial charge >= 0.3 is 0 Å². The number of benzene rings is 1. The molecule has 1 atom stereocenters. The van der Waals surface area contributed by atoms with Crippen molar-refractivity contribution in [3.05, 3.63) is 22.7 Å². The molecular formula is C14H23BrClN3O2S. The van der Waals surface area contributed by atoms with E-state index < -0.39 is 10.0 Å². The monoisotopic (exact) mass is 411 g/mol. The molecule has 1 unspecified atom stereocenters. The van der Waals surface area contributed by atoms with Crippen LogP contribution in [0.3, 0.4) is 0 Å². The molecule has 2 rings (SSSR count). The van der Waals surface area contributed by atoms with Gasteiger partial charge < -0.3 is 10.2 Å². The average molecular weight is 413 g/mol. The van der Waals surface area contributed by atoms with Gasteiger partial charge in [-0.2, -0.15) is 0 Å². The van der Waals surface area contributed by atoms with Crippen LogP contribution in [0.2, 0.25) is 0 Å². The Bertz CT molecular complexity index is 590. The molecule has 126 valence electrons. The standard InChI is InChI=1S/C14H22BrN3O2S.ClH/c1-18(2)12-5-6-13(15)14(8-12)21(19,20)17-10-11-4-3-7-16-9-11;/h5-6,8,11,16-17H,3-4,7,9-10H2,1-2H3;1H. The fraction of sp³-hybridized carbons (Fsp3) is 0.571. The molecule has 1 aliphatic rings. The second-order valence-corrected chi connectivity index (χ2v) is 8.16. The Morgan fingerprint density at radius 3 is 2.73 bits per heavy atom. The van der Waals surface area contributed by atoms with Gasteiger partial charge in [0.05, 0.1) is 4.90 Å². The molecule has 0 bridgehead atoms. The van der Waals surface area contributed by atoms with Gasteiger partial charge in [-0.3, -0.25) is 0 Å². The van der Waals surface area contributed by atoms with Crippen molar-refractivity contribution >= 4 is 44.0 Å². The fourth-order valence-corrected chi connectivity index (χ4v) is 4.48. The minimum absolute atomic E-state index is 0. The largest absolute Gasteiger partial charge is 0.378 e. The van der Waals surface area contributed by atoms with Crippen molar-refractivity contribution in [2.75, 3.05) is 38.6 Å². The molecule has 0 saturated carbocycles. The highest BCUT2D eigenvalue weighted by Gasteiger charge is 2.21. The van der Waals surface area contributed by atoms with Crippen LogP contribution in [0.25, 0.3) is 0 Å². The summed E-state index contributed by atoms with van der Waals surface area (Å²) < 4.78 is 28.3. The van der Waals surface area contributed by atoms with Gasteiger partial charge in [0.2, 0.25) is 10.0 Å². The zero-order valence-corrected chi connectivity index (χ0v) is 16.0. The normalized spacial score (nSPS) is 18.6. The molecule has 1 aromatic rings. The van der Waals surface area contributed by atoms with Gasteiger partial charge in [0, 0.05) is 30.8 Å². The summed E-state index contributed by atoms with van der Waals surface area (Å²) in [5.74, 6) is 0.365. The highest BCUT2D eigenvalue weighted by Crippen LogP contribution is 2.26. The summed E-state index contributed by atoms with van der Waals surface area (Å²) in [6, 6.07) is 5.34. The molecule has 0 aliphatic carbocycles. The lowest BCUT2D eigenvalue weighted by Crippen LogP contribution is -2.38. The van der Waals surface area contributed by atoms with E-state index in [4.69, 9.17) is 0 Å². The molecule has 8 heteroatoms. The van der Waals surface area contributed by atoms with Crippen molar-refractivity contribution in [3.8, 4) is 0 Å². The number of rotatable bonds is 5. The zero-order chi connectivity index (χ0) is 15.5. The van der Waals surface area contributed by atoms with E-state index in [9.17, 15) is 8.42 Å². The SMILES string of the molecule is CN(C)c1ccc(Br)c(S(=O)(=O)NCC2CCCNC2)c1.Cl. The lowest BCUT2D eigenvalue weighted by atomic mass is 10.0. The third-order valence-corrected chi connectivity index (χ3v) is 6.10. The molecule has 0 amide bonds. The van der Waals surface area contributed by atoms with Crippen molar-refractivity contribution in [2.24, 2.45) is 5.92 Å². The van der Waals surface area contributed by atoms with Gasteiger partial charge in [0.1, 0.15) is 0 Å². The Hall–Kier alpha value is -0.340. The van der Waals surface area contributed by atoms with E-state index in [1.807, 2.05) is 25.1 Å². The average Bonchev–Trinajstić information content (AvgIpc) is 2.46. The number of nitrogens with zero attached hydrogens (tertiary/aromatic N) is 1. The van der Waals surface area contributed by atoms with E-state index in [-0.39, 0.29) is 17.3 Å². The molecule has 0 spiro atoms. The third-order valence-electron chi connectivity index (χ3n) is 3.68. The quantitative estimate of drug-likeness (QED) is 0.778. The summed E-state index contributed by atoms with van der Waals surface area (Å²) in [5.41, 5.74) is 0.859. The van der Waals surface area contributed by atoms with Crippen LogP contribution in [0.15, 0.2) is 27.6 Å². The van der Waals surface area contributed by atoms with Crippen LogP contribution in [0.1, 0.15) is 12.8 Å². The van der Waals surface area contributed by atoms with Gasteiger partial charge in [-0.05, 0) is 66.0 Å². The van der Waals surface area contributed by atoms with E-state index >= 15 is 0 Å². The third kappa shape index (κ3) is 5.09. The van der Waals surface area contributed by atoms with Gasteiger partial charge in [-0.1, -0.05) is 0 Å². The van der Waals surface area contributed by atoms with Gasteiger partial charge in [-0.25, -0.2) is 13.1 Å². The Labute approximate surface area is 147 Å². The highest BCUT2D eigenvalue weighted by atomic mass is 79.9. The Balaban J connectivity index is 0.00000242. The molecular weight excluding hydrogens is 390 g/mol. The van der Waals surface area contributed by atoms with Crippen molar-refractivity contribution in [3.63, 3.8) is 0 Å². The topological polar surface area (TPSA) is 61.4 Å². The number of nitrogens with one attached hydrogen (secondary N) is 2. The van der Waals surface area contributed by atoms with Crippen LogP contribution in [-0.4, -0.2) is 42.1 Å². The first-order valence-electron chi connectivity index (χ1n) is 7.07. The smallest absolute Gasteiger partial charge is 0.241 e. The van der Waals surface area contributed by atoms with Crippen molar-refractivity contribution in [2.45, 2.75) is 17.7 Å².